The number of hydrazone groups is 1. The molecule has 9 heteroatoms. The molecule has 8 nitrogen and oxygen atoms in total. The lowest BCUT2D eigenvalue weighted by atomic mass is 10.2. The van der Waals surface area contributed by atoms with E-state index in [0.29, 0.717) is 22.1 Å². The predicted molar refractivity (Wildman–Crippen MR) is 100 cm³/mol. The van der Waals surface area contributed by atoms with E-state index in [1.807, 2.05) is 13.8 Å². The second kappa shape index (κ2) is 9.00. The fraction of sp³-hybridized carbons (Fsp3) is 0.294. The number of pyridine rings is 1. The molecular formula is C17H19ClN4O4. The zero-order valence-electron chi connectivity index (χ0n) is 14.6. The lowest BCUT2D eigenvalue weighted by Gasteiger charge is -2.17. The van der Waals surface area contributed by atoms with E-state index in [-0.39, 0.29) is 17.6 Å². The molecule has 1 N–H and O–H groups in total. The average Bonchev–Trinajstić information content (AvgIpc) is 2.63. The van der Waals surface area contributed by atoms with Gasteiger partial charge in [-0.15, -0.1) is 0 Å². The van der Waals surface area contributed by atoms with Gasteiger partial charge in [0.25, 0.3) is 0 Å². The van der Waals surface area contributed by atoms with Gasteiger partial charge in [-0.25, -0.2) is 4.98 Å². The Kier molecular flexibility index (Phi) is 6.74. The van der Waals surface area contributed by atoms with Crippen molar-refractivity contribution in [1.82, 2.24) is 4.98 Å². The Morgan fingerprint density at radius 1 is 1.50 bits per heavy atom. The molecule has 0 aliphatic rings. The topological polar surface area (TPSA) is 98.9 Å². The number of methoxy groups -OCH3 is 1. The number of nitro groups is 1. The molecule has 138 valence electrons. The van der Waals surface area contributed by atoms with Crippen molar-refractivity contribution in [3.63, 3.8) is 0 Å². The maximum Gasteiger partial charge on any atom is 0.313 e. The normalized spacial score (nSPS) is 12.0. The number of nitrogens with one attached hydrogen (secondary N) is 1. The van der Waals surface area contributed by atoms with Gasteiger partial charge in [0.15, 0.2) is 11.5 Å². The Morgan fingerprint density at radius 2 is 2.27 bits per heavy atom. The molecule has 26 heavy (non-hydrogen) atoms. The van der Waals surface area contributed by atoms with Crippen molar-refractivity contribution in [2.24, 2.45) is 5.10 Å². The molecule has 0 aliphatic carbocycles. The third kappa shape index (κ3) is 4.82. The van der Waals surface area contributed by atoms with Crippen molar-refractivity contribution in [2.75, 3.05) is 12.5 Å². The summed E-state index contributed by atoms with van der Waals surface area (Å²) >= 11 is 6.29. The molecule has 1 atom stereocenters. The molecule has 1 aromatic heterocycles. The summed E-state index contributed by atoms with van der Waals surface area (Å²) in [5, 5.41) is 15.3. The van der Waals surface area contributed by atoms with Crippen LogP contribution in [-0.4, -0.2) is 29.3 Å². The highest BCUT2D eigenvalue weighted by molar-refractivity contribution is 6.32. The molecule has 0 fully saturated rings. The van der Waals surface area contributed by atoms with Gasteiger partial charge >= 0.3 is 5.69 Å². The van der Waals surface area contributed by atoms with Crippen molar-refractivity contribution in [1.29, 1.82) is 0 Å². The van der Waals surface area contributed by atoms with Crippen LogP contribution in [0.4, 0.5) is 11.5 Å². The molecule has 2 aromatic rings. The first kappa shape index (κ1) is 19.5. The van der Waals surface area contributed by atoms with Gasteiger partial charge in [-0.2, -0.15) is 5.10 Å². The van der Waals surface area contributed by atoms with Crippen LogP contribution in [0.15, 0.2) is 35.6 Å². The van der Waals surface area contributed by atoms with E-state index in [0.717, 1.165) is 6.42 Å². The van der Waals surface area contributed by atoms with Crippen LogP contribution in [0.5, 0.6) is 11.5 Å². The maximum atomic E-state index is 11.0. The third-order valence-electron chi connectivity index (χ3n) is 3.51. The Hall–Kier alpha value is -2.87. The summed E-state index contributed by atoms with van der Waals surface area (Å²) in [6.45, 7) is 3.95. The number of anilines is 1. The van der Waals surface area contributed by atoms with Crippen LogP contribution in [0.25, 0.3) is 0 Å². The van der Waals surface area contributed by atoms with Crippen LogP contribution >= 0.6 is 11.6 Å². The molecule has 1 aromatic carbocycles. The molecular weight excluding hydrogens is 360 g/mol. The van der Waals surface area contributed by atoms with Crippen molar-refractivity contribution in [2.45, 2.75) is 26.4 Å². The summed E-state index contributed by atoms with van der Waals surface area (Å²) < 4.78 is 11.1. The largest absolute Gasteiger partial charge is 0.493 e. The smallest absolute Gasteiger partial charge is 0.313 e. The van der Waals surface area contributed by atoms with Crippen molar-refractivity contribution in [3.05, 3.63) is 51.2 Å². The van der Waals surface area contributed by atoms with Crippen LogP contribution in [0.3, 0.4) is 0 Å². The summed E-state index contributed by atoms with van der Waals surface area (Å²) in [6.07, 6.45) is 3.72. The van der Waals surface area contributed by atoms with Crippen molar-refractivity contribution >= 4 is 29.3 Å². The lowest BCUT2D eigenvalue weighted by Crippen LogP contribution is -2.11. The van der Waals surface area contributed by atoms with Gasteiger partial charge in [0.1, 0.15) is 0 Å². The molecule has 0 unspecified atom stereocenters. The van der Waals surface area contributed by atoms with Crippen LogP contribution in [-0.2, 0) is 0 Å². The predicted octanol–water partition coefficient (Wildman–Crippen LogP) is 4.28. The minimum absolute atomic E-state index is 0.00714. The molecule has 2 rings (SSSR count). The van der Waals surface area contributed by atoms with E-state index in [1.54, 1.807) is 12.1 Å². The van der Waals surface area contributed by atoms with Crippen LogP contribution < -0.4 is 14.9 Å². The SMILES string of the molecule is CC[C@@H](C)Oc1c(Cl)cc(/C=N\Nc2ncccc2[N+](=O)[O-])cc1OC. The number of benzene rings is 1. The third-order valence-corrected chi connectivity index (χ3v) is 3.79. The van der Waals surface area contributed by atoms with Gasteiger partial charge in [-0.3, -0.25) is 15.5 Å². The van der Waals surface area contributed by atoms with Gasteiger partial charge in [0.2, 0.25) is 5.82 Å². The number of aromatic nitrogens is 1. The first-order valence-electron chi connectivity index (χ1n) is 7.88. The van der Waals surface area contributed by atoms with Crippen molar-refractivity contribution in [3.8, 4) is 11.5 Å². The highest BCUT2D eigenvalue weighted by Crippen LogP contribution is 2.37. The zero-order chi connectivity index (χ0) is 19.1. The van der Waals surface area contributed by atoms with E-state index < -0.39 is 4.92 Å². The summed E-state index contributed by atoms with van der Waals surface area (Å²) in [5.41, 5.74) is 3.02. The second-order valence-electron chi connectivity index (χ2n) is 5.37. The monoisotopic (exact) mass is 378 g/mol. The standard InChI is InChI=1S/C17H19ClN4O4/c1-4-11(2)26-16-13(18)8-12(9-15(16)25-3)10-20-21-17-14(22(23)24)6-5-7-19-17/h5-11H,4H2,1-3H3,(H,19,21)/b20-10-/t11-/m1/s1. The number of halogens is 1. The van der Waals surface area contributed by atoms with Crippen LogP contribution in [0.1, 0.15) is 25.8 Å². The van der Waals surface area contributed by atoms with Crippen molar-refractivity contribution < 1.29 is 14.4 Å². The maximum absolute atomic E-state index is 11.0. The summed E-state index contributed by atoms with van der Waals surface area (Å²) in [5.74, 6) is 0.987. The fourth-order valence-corrected chi connectivity index (χ4v) is 2.28. The first-order valence-corrected chi connectivity index (χ1v) is 8.26. The Balaban J connectivity index is 2.21. The van der Waals surface area contributed by atoms with E-state index >= 15 is 0 Å². The molecule has 0 bridgehead atoms. The molecule has 0 amide bonds. The highest BCUT2D eigenvalue weighted by atomic mass is 35.5. The highest BCUT2D eigenvalue weighted by Gasteiger charge is 2.15. The van der Waals surface area contributed by atoms with Gasteiger partial charge < -0.3 is 9.47 Å². The van der Waals surface area contributed by atoms with E-state index in [2.05, 4.69) is 15.5 Å². The van der Waals surface area contributed by atoms with Crippen LogP contribution in [0, 0.1) is 10.1 Å². The number of nitrogens with zero attached hydrogens (tertiary/aromatic N) is 3. The molecule has 0 radical (unpaired) electrons. The number of ether oxygens (including phenoxy) is 2. The lowest BCUT2D eigenvalue weighted by molar-refractivity contribution is -0.384. The van der Waals surface area contributed by atoms with Gasteiger partial charge in [0, 0.05) is 12.3 Å². The molecule has 1 heterocycles. The Morgan fingerprint density at radius 3 is 2.92 bits per heavy atom. The van der Waals surface area contributed by atoms with Crippen LogP contribution in [0.2, 0.25) is 5.02 Å². The summed E-state index contributed by atoms with van der Waals surface area (Å²) in [6, 6.07) is 6.20. The number of hydrogen-bond donors (Lipinski definition) is 1. The average molecular weight is 379 g/mol. The van der Waals surface area contributed by atoms with Gasteiger partial charge in [0.05, 0.1) is 29.4 Å². The Bertz CT molecular complexity index is 813. The molecule has 0 spiro atoms. The molecule has 0 aliphatic heterocycles. The fourth-order valence-electron chi connectivity index (χ4n) is 2.01. The second-order valence-corrected chi connectivity index (χ2v) is 5.78. The first-order chi connectivity index (χ1) is 12.5. The summed E-state index contributed by atoms with van der Waals surface area (Å²) in [7, 11) is 1.52. The van der Waals surface area contributed by atoms with E-state index in [4.69, 9.17) is 21.1 Å². The van der Waals surface area contributed by atoms with E-state index in [9.17, 15) is 10.1 Å². The number of rotatable bonds is 8. The molecule has 0 saturated heterocycles. The quantitative estimate of drug-likeness (QED) is 0.418. The molecule has 0 saturated carbocycles. The van der Waals surface area contributed by atoms with E-state index in [1.165, 1.54) is 31.7 Å². The Labute approximate surface area is 155 Å². The van der Waals surface area contributed by atoms with Gasteiger partial charge in [-0.05, 0) is 37.1 Å². The zero-order valence-corrected chi connectivity index (χ0v) is 15.4. The van der Waals surface area contributed by atoms with Gasteiger partial charge in [-0.1, -0.05) is 18.5 Å². The minimum Gasteiger partial charge on any atom is -0.493 e. The summed E-state index contributed by atoms with van der Waals surface area (Å²) in [4.78, 5) is 14.3. The minimum atomic E-state index is -0.536. The number of hydrogen-bond acceptors (Lipinski definition) is 7.